The lowest BCUT2D eigenvalue weighted by Crippen LogP contribution is -2.49. The first kappa shape index (κ1) is 21.1. The number of hydrogen-bond donors (Lipinski definition) is 2. The smallest absolute Gasteiger partial charge is 0.355 e. The maximum absolute atomic E-state index is 12.7. The van der Waals surface area contributed by atoms with E-state index in [1.807, 2.05) is 23.8 Å². The van der Waals surface area contributed by atoms with Crippen LogP contribution in [-0.4, -0.2) is 58.1 Å². The number of rotatable bonds is 4. The van der Waals surface area contributed by atoms with Gasteiger partial charge in [0, 0.05) is 26.2 Å². The van der Waals surface area contributed by atoms with Gasteiger partial charge >= 0.3 is 6.18 Å². The summed E-state index contributed by atoms with van der Waals surface area (Å²) in [5, 5.41) is 6.16. The Morgan fingerprint density at radius 1 is 1.23 bits per heavy atom. The van der Waals surface area contributed by atoms with E-state index in [1.54, 1.807) is 14.0 Å². The fraction of sp³-hybridized carbons (Fsp3) is 0.526. The highest BCUT2D eigenvalue weighted by molar-refractivity contribution is 6.03. The number of anilines is 4. The van der Waals surface area contributed by atoms with Crippen molar-refractivity contribution in [3.63, 3.8) is 0 Å². The predicted octanol–water partition coefficient (Wildman–Crippen LogP) is 2.45. The average molecular weight is 436 g/mol. The van der Waals surface area contributed by atoms with E-state index < -0.39 is 11.9 Å². The molecular formula is C19H23F3N8O. The van der Waals surface area contributed by atoms with Crippen LogP contribution in [0.5, 0.6) is 0 Å². The van der Waals surface area contributed by atoms with E-state index in [0.717, 1.165) is 25.2 Å². The lowest BCUT2D eigenvalue weighted by Gasteiger charge is -2.42. The predicted molar refractivity (Wildman–Crippen MR) is 109 cm³/mol. The molecule has 2 aromatic rings. The van der Waals surface area contributed by atoms with Gasteiger partial charge in [0.25, 0.3) is 0 Å². The highest BCUT2D eigenvalue weighted by Crippen LogP contribution is 2.34. The van der Waals surface area contributed by atoms with Crippen molar-refractivity contribution in [3.8, 4) is 0 Å². The van der Waals surface area contributed by atoms with Gasteiger partial charge in [-0.1, -0.05) is 0 Å². The summed E-state index contributed by atoms with van der Waals surface area (Å²) in [6, 6.07) is -0.0984. The molecular weight excluding hydrogens is 413 g/mol. The van der Waals surface area contributed by atoms with E-state index in [2.05, 4.69) is 30.6 Å². The molecule has 0 radical (unpaired) electrons. The van der Waals surface area contributed by atoms with Crippen molar-refractivity contribution < 1.29 is 18.0 Å². The molecule has 2 aliphatic rings. The summed E-state index contributed by atoms with van der Waals surface area (Å²) in [5.74, 6) is 1.43. The van der Waals surface area contributed by atoms with Gasteiger partial charge in [-0.05, 0) is 26.7 Å². The Morgan fingerprint density at radius 3 is 2.55 bits per heavy atom. The van der Waals surface area contributed by atoms with Crippen molar-refractivity contribution >= 4 is 29.2 Å². The number of aromatic nitrogens is 4. The lowest BCUT2D eigenvalue weighted by atomic mass is 9.86. The Bertz CT molecular complexity index is 991. The standard InChI is InChI=1S/C19H23F3N8O/c1-9-15-16(29(3)10(2)17(31)27-15)28-18(25-9)26-11-5-12(6-11)30(4)14-8-23-13(7-24-14)19(20,21)22/h7-8,10-12H,5-6H2,1-4H3,(H,27,31)(H,25,26,28)/t10-,11-,12-/m0/s1. The minimum absolute atomic E-state index is 0.0985. The van der Waals surface area contributed by atoms with Crippen molar-refractivity contribution in [1.82, 2.24) is 19.9 Å². The lowest BCUT2D eigenvalue weighted by molar-refractivity contribution is -0.141. The molecule has 9 nitrogen and oxygen atoms in total. The second kappa shape index (κ2) is 7.50. The third kappa shape index (κ3) is 3.93. The van der Waals surface area contributed by atoms with Crippen LogP contribution in [0.2, 0.25) is 0 Å². The molecule has 4 rings (SSSR count). The first-order valence-corrected chi connectivity index (χ1v) is 9.85. The SMILES string of the molecule is Cc1nc(N[C@H]2C[C@H](N(C)c3cnc(C(F)(F)F)cn3)C2)nc2c1NC(=O)[C@H](C)N2C. The molecule has 1 saturated carbocycles. The van der Waals surface area contributed by atoms with Crippen LogP contribution in [0.4, 0.5) is 36.4 Å². The molecule has 0 bridgehead atoms. The molecule has 0 aromatic carbocycles. The Balaban J connectivity index is 1.39. The Kier molecular flexibility index (Phi) is 5.10. The van der Waals surface area contributed by atoms with Crippen molar-refractivity contribution in [2.45, 2.75) is 51.0 Å². The highest BCUT2D eigenvalue weighted by atomic mass is 19.4. The van der Waals surface area contributed by atoms with Crippen molar-refractivity contribution in [2.24, 2.45) is 0 Å². The minimum atomic E-state index is -4.50. The van der Waals surface area contributed by atoms with Crippen LogP contribution < -0.4 is 20.4 Å². The molecule has 0 unspecified atom stereocenters. The number of carbonyl (C=O) groups is 1. The van der Waals surface area contributed by atoms with Crippen molar-refractivity contribution in [3.05, 3.63) is 23.8 Å². The maximum atomic E-state index is 12.7. The van der Waals surface area contributed by atoms with Crippen molar-refractivity contribution in [2.75, 3.05) is 34.5 Å². The quantitative estimate of drug-likeness (QED) is 0.754. The summed E-state index contributed by atoms with van der Waals surface area (Å²) in [6.45, 7) is 3.62. The first-order chi connectivity index (χ1) is 14.5. The molecule has 166 valence electrons. The summed E-state index contributed by atoms with van der Waals surface area (Å²) < 4.78 is 38.0. The number of fused-ring (bicyclic) bond motifs is 1. The van der Waals surface area contributed by atoms with Gasteiger partial charge < -0.3 is 20.4 Å². The number of likely N-dealkylation sites (N-methyl/N-ethyl adjacent to an activating group) is 1. The highest BCUT2D eigenvalue weighted by Gasteiger charge is 2.36. The first-order valence-electron chi connectivity index (χ1n) is 9.85. The number of nitrogens with zero attached hydrogens (tertiary/aromatic N) is 6. The minimum Gasteiger partial charge on any atom is -0.355 e. The van der Waals surface area contributed by atoms with E-state index in [-0.39, 0.29) is 24.0 Å². The molecule has 0 spiro atoms. The number of alkyl halides is 3. The average Bonchev–Trinajstić information content (AvgIpc) is 2.68. The molecule has 1 atom stereocenters. The van der Waals surface area contributed by atoms with Crippen LogP contribution in [0.15, 0.2) is 12.4 Å². The van der Waals surface area contributed by atoms with Gasteiger partial charge in [0.05, 0.1) is 18.1 Å². The third-order valence-electron chi connectivity index (χ3n) is 5.90. The van der Waals surface area contributed by atoms with Gasteiger partial charge in [-0.25, -0.2) is 15.0 Å². The number of nitrogens with one attached hydrogen (secondary N) is 2. The second-order valence-corrected chi connectivity index (χ2v) is 7.94. The number of amides is 1. The van der Waals surface area contributed by atoms with E-state index in [0.29, 0.717) is 29.0 Å². The Morgan fingerprint density at radius 2 is 1.94 bits per heavy atom. The van der Waals surface area contributed by atoms with Crippen LogP contribution in [-0.2, 0) is 11.0 Å². The van der Waals surface area contributed by atoms with E-state index in [1.165, 1.54) is 0 Å². The molecule has 1 amide bonds. The van der Waals surface area contributed by atoms with Gasteiger partial charge in [0.15, 0.2) is 11.5 Å². The molecule has 2 aromatic heterocycles. The second-order valence-electron chi connectivity index (χ2n) is 7.94. The molecule has 0 saturated heterocycles. The van der Waals surface area contributed by atoms with E-state index >= 15 is 0 Å². The zero-order valence-electron chi connectivity index (χ0n) is 17.5. The molecule has 2 N–H and O–H groups in total. The van der Waals surface area contributed by atoms with E-state index in [9.17, 15) is 18.0 Å². The van der Waals surface area contributed by atoms with Crippen LogP contribution >= 0.6 is 0 Å². The van der Waals surface area contributed by atoms with Gasteiger partial charge in [0.1, 0.15) is 17.5 Å². The van der Waals surface area contributed by atoms with Crippen molar-refractivity contribution in [1.29, 1.82) is 0 Å². The number of halogens is 3. The Hall–Kier alpha value is -3.18. The summed E-state index contributed by atoms with van der Waals surface area (Å²) in [6.07, 6.45) is -1.11. The largest absolute Gasteiger partial charge is 0.434 e. The van der Waals surface area contributed by atoms with Gasteiger partial charge in [-0.15, -0.1) is 0 Å². The normalized spacial score (nSPS) is 23.0. The molecule has 12 heteroatoms. The molecule has 3 heterocycles. The van der Waals surface area contributed by atoms with Gasteiger partial charge in [0.2, 0.25) is 11.9 Å². The molecule has 1 fully saturated rings. The van der Waals surface area contributed by atoms with Crippen LogP contribution in [0.1, 0.15) is 31.2 Å². The third-order valence-corrected chi connectivity index (χ3v) is 5.90. The number of carbonyl (C=O) groups excluding carboxylic acids is 1. The maximum Gasteiger partial charge on any atom is 0.434 e. The summed E-state index contributed by atoms with van der Waals surface area (Å²) in [5.41, 5.74) is 0.282. The van der Waals surface area contributed by atoms with Crippen LogP contribution in [0.25, 0.3) is 0 Å². The van der Waals surface area contributed by atoms with Crippen LogP contribution in [0, 0.1) is 6.92 Å². The van der Waals surface area contributed by atoms with Gasteiger partial charge in [-0.2, -0.15) is 18.2 Å². The van der Waals surface area contributed by atoms with Crippen LogP contribution in [0.3, 0.4) is 0 Å². The summed E-state index contributed by atoms with van der Waals surface area (Å²) in [7, 11) is 3.61. The number of aryl methyl sites for hydroxylation is 1. The number of hydrogen-bond acceptors (Lipinski definition) is 8. The Labute approximate surface area is 177 Å². The summed E-state index contributed by atoms with van der Waals surface area (Å²) in [4.78, 5) is 32.1. The molecule has 31 heavy (non-hydrogen) atoms. The zero-order valence-corrected chi connectivity index (χ0v) is 17.5. The molecule has 1 aliphatic heterocycles. The van der Waals surface area contributed by atoms with E-state index in [4.69, 9.17) is 0 Å². The molecule has 1 aliphatic carbocycles. The zero-order chi connectivity index (χ0) is 22.5. The monoisotopic (exact) mass is 436 g/mol. The van der Waals surface area contributed by atoms with Gasteiger partial charge in [-0.3, -0.25) is 4.79 Å². The fourth-order valence-electron chi connectivity index (χ4n) is 3.65. The summed E-state index contributed by atoms with van der Waals surface area (Å²) >= 11 is 0. The topological polar surface area (TPSA) is 99.2 Å². The fourth-order valence-corrected chi connectivity index (χ4v) is 3.65.